The van der Waals surface area contributed by atoms with Crippen molar-refractivity contribution in [2.45, 2.75) is 62.9 Å². The lowest BCUT2D eigenvalue weighted by Gasteiger charge is -2.38. The van der Waals surface area contributed by atoms with Crippen LogP contribution in [0.2, 0.25) is 0 Å². The number of piperidine rings is 1. The standard InChI is InChI=1S/C22H26N4O2S/c1-3-9-24-18(22(28)26-14-7-8-15(26)12-16(11-14)29-2)13-17-20(24)23-19-6-4-5-10-25(19)21(17)27/h4-6,10,13-16H,3,7-9,11-12H2,1-2H3. The van der Waals surface area contributed by atoms with Gasteiger partial charge in [-0.3, -0.25) is 14.0 Å². The second-order valence-electron chi connectivity index (χ2n) is 8.19. The predicted octanol–water partition coefficient (Wildman–Crippen LogP) is 3.56. The van der Waals surface area contributed by atoms with Crippen LogP contribution in [0.1, 0.15) is 49.5 Å². The summed E-state index contributed by atoms with van der Waals surface area (Å²) >= 11 is 1.92. The first-order valence-corrected chi connectivity index (χ1v) is 11.8. The zero-order chi connectivity index (χ0) is 20.1. The highest BCUT2D eigenvalue weighted by atomic mass is 32.2. The van der Waals surface area contributed by atoms with Gasteiger partial charge in [-0.25, -0.2) is 4.98 Å². The summed E-state index contributed by atoms with van der Waals surface area (Å²) in [6.07, 6.45) is 9.10. The smallest absolute Gasteiger partial charge is 0.271 e. The zero-order valence-corrected chi connectivity index (χ0v) is 17.7. The molecule has 1 amide bonds. The van der Waals surface area contributed by atoms with Crippen molar-refractivity contribution in [1.29, 1.82) is 0 Å². The molecule has 6 nitrogen and oxygen atoms in total. The molecule has 0 saturated carbocycles. The van der Waals surface area contributed by atoms with Gasteiger partial charge >= 0.3 is 0 Å². The van der Waals surface area contributed by atoms with E-state index in [4.69, 9.17) is 4.98 Å². The number of fused-ring (bicyclic) bond motifs is 4. The number of amides is 1. The summed E-state index contributed by atoms with van der Waals surface area (Å²) < 4.78 is 3.52. The quantitative estimate of drug-likeness (QED) is 0.660. The molecule has 2 aliphatic heterocycles. The summed E-state index contributed by atoms with van der Waals surface area (Å²) in [4.78, 5) is 33.6. The van der Waals surface area contributed by atoms with Crippen molar-refractivity contribution in [3.63, 3.8) is 0 Å². The Kier molecular flexibility index (Phi) is 4.65. The Morgan fingerprint density at radius 1 is 1.24 bits per heavy atom. The van der Waals surface area contributed by atoms with Gasteiger partial charge in [0.1, 0.15) is 17.0 Å². The Morgan fingerprint density at radius 2 is 2.00 bits per heavy atom. The van der Waals surface area contributed by atoms with Gasteiger partial charge in [-0.15, -0.1) is 0 Å². The third-order valence-electron chi connectivity index (χ3n) is 6.50. The molecule has 0 N–H and O–H groups in total. The van der Waals surface area contributed by atoms with Crippen molar-refractivity contribution < 1.29 is 4.79 Å². The third kappa shape index (κ3) is 2.89. The molecule has 7 heteroatoms. The Balaban J connectivity index is 1.64. The maximum Gasteiger partial charge on any atom is 0.271 e. The number of carbonyl (C=O) groups is 1. The topological polar surface area (TPSA) is 59.6 Å². The second-order valence-corrected chi connectivity index (χ2v) is 9.33. The van der Waals surface area contributed by atoms with Gasteiger partial charge in [0.25, 0.3) is 11.5 Å². The van der Waals surface area contributed by atoms with E-state index in [0.717, 1.165) is 32.1 Å². The van der Waals surface area contributed by atoms with E-state index in [0.29, 0.717) is 46.3 Å². The van der Waals surface area contributed by atoms with Crippen LogP contribution in [0.25, 0.3) is 16.7 Å². The van der Waals surface area contributed by atoms with Crippen LogP contribution < -0.4 is 5.56 Å². The molecule has 5 rings (SSSR count). The van der Waals surface area contributed by atoms with E-state index in [1.165, 1.54) is 0 Å². The van der Waals surface area contributed by atoms with E-state index in [2.05, 4.69) is 18.1 Å². The molecule has 0 aromatic carbocycles. The van der Waals surface area contributed by atoms with Crippen molar-refractivity contribution in [3.05, 3.63) is 46.5 Å². The first-order valence-electron chi connectivity index (χ1n) is 10.5. The van der Waals surface area contributed by atoms with Crippen LogP contribution in [-0.4, -0.2) is 48.3 Å². The van der Waals surface area contributed by atoms with E-state index in [1.807, 2.05) is 34.5 Å². The summed E-state index contributed by atoms with van der Waals surface area (Å²) in [5.74, 6) is 0.0666. The normalized spacial score (nSPS) is 23.9. The Morgan fingerprint density at radius 3 is 2.69 bits per heavy atom. The number of pyridine rings is 1. The summed E-state index contributed by atoms with van der Waals surface area (Å²) in [5, 5.41) is 1.17. The number of hydrogen-bond donors (Lipinski definition) is 0. The van der Waals surface area contributed by atoms with Crippen molar-refractivity contribution >= 4 is 34.3 Å². The zero-order valence-electron chi connectivity index (χ0n) is 16.9. The Bertz CT molecular complexity index is 1140. The molecular weight excluding hydrogens is 384 g/mol. The average Bonchev–Trinajstić information content (AvgIpc) is 3.23. The highest BCUT2D eigenvalue weighted by Crippen LogP contribution is 2.40. The fourth-order valence-corrected chi connectivity index (χ4v) is 5.99. The molecule has 2 atom stereocenters. The van der Waals surface area contributed by atoms with Gasteiger partial charge in [0.15, 0.2) is 0 Å². The Labute approximate surface area is 173 Å². The van der Waals surface area contributed by atoms with Gasteiger partial charge in [-0.1, -0.05) is 13.0 Å². The third-order valence-corrected chi connectivity index (χ3v) is 7.55. The lowest BCUT2D eigenvalue weighted by atomic mass is 10.0. The van der Waals surface area contributed by atoms with E-state index < -0.39 is 0 Å². The minimum Gasteiger partial charge on any atom is -0.331 e. The van der Waals surface area contributed by atoms with Crippen molar-refractivity contribution in [1.82, 2.24) is 18.9 Å². The average molecular weight is 411 g/mol. The van der Waals surface area contributed by atoms with Gasteiger partial charge in [0.05, 0.1) is 5.39 Å². The maximum absolute atomic E-state index is 13.7. The molecular formula is C22H26N4O2S. The van der Waals surface area contributed by atoms with Crippen molar-refractivity contribution in [3.8, 4) is 0 Å². The van der Waals surface area contributed by atoms with Crippen molar-refractivity contribution in [2.24, 2.45) is 0 Å². The SMILES string of the molecule is CCCn1c(C(=O)N2C3CCC2CC(SC)C3)cc2c(=O)n3ccccc3nc21. The highest BCUT2D eigenvalue weighted by molar-refractivity contribution is 7.99. The fraction of sp³-hybridized carbons (Fsp3) is 0.500. The van der Waals surface area contributed by atoms with Crippen LogP contribution in [-0.2, 0) is 6.54 Å². The molecule has 29 heavy (non-hydrogen) atoms. The minimum atomic E-state index is -0.112. The number of hydrogen-bond acceptors (Lipinski definition) is 4. The molecule has 2 unspecified atom stereocenters. The largest absolute Gasteiger partial charge is 0.331 e. The maximum atomic E-state index is 13.7. The summed E-state index contributed by atoms with van der Waals surface area (Å²) in [6, 6.07) is 7.95. The molecule has 5 heterocycles. The first-order chi connectivity index (χ1) is 14.1. The fourth-order valence-electron chi connectivity index (χ4n) is 5.16. The van der Waals surface area contributed by atoms with Crippen LogP contribution in [0.5, 0.6) is 0 Å². The van der Waals surface area contributed by atoms with Crippen LogP contribution >= 0.6 is 11.8 Å². The number of nitrogens with zero attached hydrogens (tertiary/aromatic N) is 4. The van der Waals surface area contributed by atoms with Gasteiger partial charge < -0.3 is 9.47 Å². The summed E-state index contributed by atoms with van der Waals surface area (Å²) in [5.41, 5.74) is 1.73. The van der Waals surface area contributed by atoms with Gasteiger partial charge in [0.2, 0.25) is 0 Å². The van der Waals surface area contributed by atoms with E-state index in [1.54, 1.807) is 16.7 Å². The molecule has 0 radical (unpaired) electrons. The molecule has 2 aliphatic rings. The monoisotopic (exact) mass is 410 g/mol. The molecule has 3 aromatic rings. The summed E-state index contributed by atoms with van der Waals surface area (Å²) in [7, 11) is 0. The second kappa shape index (κ2) is 7.20. The van der Waals surface area contributed by atoms with E-state index >= 15 is 0 Å². The van der Waals surface area contributed by atoms with Gasteiger partial charge in [-0.2, -0.15) is 11.8 Å². The number of aromatic nitrogens is 3. The molecule has 0 spiro atoms. The lowest BCUT2D eigenvalue weighted by molar-refractivity contribution is 0.0591. The molecule has 3 aromatic heterocycles. The molecule has 2 fully saturated rings. The molecule has 0 aliphatic carbocycles. The van der Waals surface area contributed by atoms with Crippen molar-refractivity contribution in [2.75, 3.05) is 6.26 Å². The van der Waals surface area contributed by atoms with Crippen LogP contribution in [0.15, 0.2) is 35.3 Å². The minimum absolute atomic E-state index is 0.0666. The number of carbonyl (C=O) groups excluding carboxylic acids is 1. The van der Waals surface area contributed by atoms with E-state index in [-0.39, 0.29) is 11.5 Å². The van der Waals surface area contributed by atoms with Gasteiger partial charge in [0, 0.05) is 30.1 Å². The molecule has 2 bridgehead atoms. The van der Waals surface area contributed by atoms with Crippen LogP contribution in [0.3, 0.4) is 0 Å². The number of thioether (sulfide) groups is 1. The van der Waals surface area contributed by atoms with E-state index in [9.17, 15) is 9.59 Å². The van der Waals surface area contributed by atoms with Gasteiger partial charge in [-0.05, 0) is 56.6 Å². The molecule has 152 valence electrons. The number of rotatable bonds is 4. The first kappa shape index (κ1) is 18.7. The Hall–Kier alpha value is -2.28. The highest BCUT2D eigenvalue weighted by Gasteiger charge is 2.44. The predicted molar refractivity (Wildman–Crippen MR) is 117 cm³/mol. The number of aryl methyl sites for hydroxylation is 1. The summed E-state index contributed by atoms with van der Waals surface area (Å²) in [6.45, 7) is 2.76. The van der Waals surface area contributed by atoms with Crippen LogP contribution in [0, 0.1) is 0 Å². The lowest BCUT2D eigenvalue weighted by Crippen LogP contribution is -2.47. The van der Waals surface area contributed by atoms with Crippen LogP contribution in [0.4, 0.5) is 0 Å². The molecule has 2 saturated heterocycles.